The smallest absolute Gasteiger partial charge is 0.126 e. The van der Waals surface area contributed by atoms with Crippen molar-refractivity contribution in [3.05, 3.63) is 41.2 Å². The van der Waals surface area contributed by atoms with Crippen molar-refractivity contribution in [3.63, 3.8) is 0 Å². The molecule has 2 aromatic rings. The van der Waals surface area contributed by atoms with E-state index in [9.17, 15) is 0 Å². The lowest BCUT2D eigenvalue weighted by Crippen LogP contribution is -2.26. The van der Waals surface area contributed by atoms with E-state index in [1.54, 1.807) is 0 Å². The highest BCUT2D eigenvalue weighted by Crippen LogP contribution is 2.34. The van der Waals surface area contributed by atoms with E-state index >= 15 is 0 Å². The zero-order valence-corrected chi connectivity index (χ0v) is 13.8. The summed E-state index contributed by atoms with van der Waals surface area (Å²) in [4.78, 5) is 7.66. The minimum Gasteiger partial charge on any atom is -0.353 e. The van der Waals surface area contributed by atoms with E-state index in [-0.39, 0.29) is 0 Å². The molecule has 3 heterocycles. The molecule has 0 aromatic carbocycles. The van der Waals surface area contributed by atoms with Gasteiger partial charge in [-0.1, -0.05) is 0 Å². The van der Waals surface area contributed by atoms with Crippen molar-refractivity contribution in [2.45, 2.75) is 51.1 Å². The Hall–Kier alpha value is -1.55. The quantitative estimate of drug-likeness (QED) is 0.870. The lowest BCUT2D eigenvalue weighted by molar-refractivity contribution is 0.231. The van der Waals surface area contributed by atoms with Crippen molar-refractivity contribution >= 4 is 0 Å². The molecule has 2 aliphatic rings. The molecule has 2 aromatic heterocycles. The molecule has 0 N–H and O–H groups in total. The Bertz CT molecular complexity index is 667. The number of aromatic nitrogens is 3. The van der Waals surface area contributed by atoms with Gasteiger partial charge in [0.15, 0.2) is 0 Å². The summed E-state index contributed by atoms with van der Waals surface area (Å²) >= 11 is 0. The number of hydrogen-bond acceptors (Lipinski definition) is 2. The summed E-state index contributed by atoms with van der Waals surface area (Å²) in [5.41, 5.74) is 4.26. The molecule has 0 unspecified atom stereocenters. The van der Waals surface area contributed by atoms with E-state index in [4.69, 9.17) is 4.98 Å². The predicted molar refractivity (Wildman–Crippen MR) is 87.6 cm³/mol. The number of likely N-dealkylation sites (tertiary alicyclic amines) is 1. The highest BCUT2D eigenvalue weighted by molar-refractivity contribution is 5.22. The molecule has 0 amide bonds. The van der Waals surface area contributed by atoms with Crippen LogP contribution in [0.1, 0.15) is 54.6 Å². The third-order valence-electron chi connectivity index (χ3n) is 5.49. The van der Waals surface area contributed by atoms with Crippen LogP contribution in [0.25, 0.3) is 0 Å². The monoisotopic (exact) mass is 298 g/mol. The molecule has 0 saturated carbocycles. The van der Waals surface area contributed by atoms with Crippen LogP contribution in [0.5, 0.6) is 0 Å². The van der Waals surface area contributed by atoms with Crippen molar-refractivity contribution in [2.24, 2.45) is 14.1 Å². The van der Waals surface area contributed by atoms with Gasteiger partial charge in [0.05, 0.1) is 11.7 Å². The molecular formula is C18H26N4. The molecule has 0 spiro atoms. The Balaban J connectivity index is 1.61. The van der Waals surface area contributed by atoms with Crippen LogP contribution in [-0.4, -0.2) is 25.6 Å². The summed E-state index contributed by atoms with van der Waals surface area (Å²) in [7, 11) is 4.37. The van der Waals surface area contributed by atoms with Gasteiger partial charge in [0.2, 0.25) is 0 Å². The average Bonchev–Trinajstić information content (AvgIpc) is 3.21. The topological polar surface area (TPSA) is 26.0 Å². The summed E-state index contributed by atoms with van der Waals surface area (Å²) in [6.45, 7) is 2.22. The normalized spacial score (nSPS) is 22.2. The molecular weight excluding hydrogens is 272 g/mol. The van der Waals surface area contributed by atoms with Crippen LogP contribution in [0.3, 0.4) is 0 Å². The molecule has 118 valence electrons. The van der Waals surface area contributed by atoms with Crippen LogP contribution in [0.4, 0.5) is 0 Å². The van der Waals surface area contributed by atoms with E-state index in [0.29, 0.717) is 6.04 Å². The number of aryl methyl sites for hydroxylation is 2. The van der Waals surface area contributed by atoms with Gasteiger partial charge in [-0.25, -0.2) is 4.98 Å². The maximum absolute atomic E-state index is 5.05. The summed E-state index contributed by atoms with van der Waals surface area (Å²) in [6.07, 6.45) is 9.68. The summed E-state index contributed by atoms with van der Waals surface area (Å²) in [6, 6.07) is 4.86. The number of fused-ring (bicyclic) bond motifs is 1. The van der Waals surface area contributed by atoms with Gasteiger partial charge in [0.25, 0.3) is 0 Å². The highest BCUT2D eigenvalue weighted by Gasteiger charge is 2.31. The van der Waals surface area contributed by atoms with Crippen molar-refractivity contribution in [1.29, 1.82) is 0 Å². The molecule has 4 rings (SSSR count). The van der Waals surface area contributed by atoms with E-state index in [2.05, 4.69) is 46.5 Å². The van der Waals surface area contributed by atoms with Crippen LogP contribution in [0, 0.1) is 0 Å². The second kappa shape index (κ2) is 5.58. The Morgan fingerprint density at radius 1 is 1.18 bits per heavy atom. The van der Waals surface area contributed by atoms with Crippen LogP contribution in [0.2, 0.25) is 0 Å². The summed E-state index contributed by atoms with van der Waals surface area (Å²) < 4.78 is 4.64. The summed E-state index contributed by atoms with van der Waals surface area (Å²) in [5.74, 6) is 1.30. The first-order valence-corrected chi connectivity index (χ1v) is 8.62. The van der Waals surface area contributed by atoms with Crippen LogP contribution in [-0.2, 0) is 33.5 Å². The van der Waals surface area contributed by atoms with Gasteiger partial charge in [-0.2, -0.15) is 0 Å². The van der Waals surface area contributed by atoms with E-state index in [1.807, 2.05) is 0 Å². The third-order valence-corrected chi connectivity index (χ3v) is 5.49. The van der Waals surface area contributed by atoms with Gasteiger partial charge >= 0.3 is 0 Å². The molecule has 4 nitrogen and oxygen atoms in total. The molecule has 1 aliphatic carbocycles. The Morgan fingerprint density at radius 3 is 2.82 bits per heavy atom. The standard InChI is InChI=1S/C18H26N4/c1-20-11-5-7-14(20)13-22-12-6-10-17(22)18-19-15-8-3-4-9-16(15)21(18)2/h5,7,11,17H,3-4,6,8-10,12-13H2,1-2H3/t17-/m0/s1. The minimum absolute atomic E-state index is 0.491. The van der Waals surface area contributed by atoms with Gasteiger partial charge in [0.1, 0.15) is 5.82 Å². The molecule has 1 aliphatic heterocycles. The highest BCUT2D eigenvalue weighted by atomic mass is 15.2. The SMILES string of the molecule is Cn1cccc1CN1CCC[C@H]1c1nc2c(n1C)CCCC2. The van der Waals surface area contributed by atoms with Crippen LogP contribution < -0.4 is 0 Å². The van der Waals surface area contributed by atoms with E-state index < -0.39 is 0 Å². The van der Waals surface area contributed by atoms with Gasteiger partial charge in [-0.3, -0.25) is 4.90 Å². The maximum atomic E-state index is 5.05. The Kier molecular flexibility index (Phi) is 3.57. The van der Waals surface area contributed by atoms with Crippen molar-refractivity contribution in [1.82, 2.24) is 19.0 Å². The molecule has 1 fully saturated rings. The number of nitrogens with zero attached hydrogens (tertiary/aromatic N) is 4. The number of rotatable bonds is 3. The molecule has 1 saturated heterocycles. The summed E-state index contributed by atoms with van der Waals surface area (Å²) in [5, 5.41) is 0. The zero-order chi connectivity index (χ0) is 15.1. The van der Waals surface area contributed by atoms with Crippen LogP contribution in [0.15, 0.2) is 18.3 Å². The number of hydrogen-bond donors (Lipinski definition) is 0. The lowest BCUT2D eigenvalue weighted by atomic mass is 10.0. The molecule has 1 atom stereocenters. The minimum atomic E-state index is 0.491. The Morgan fingerprint density at radius 2 is 2.05 bits per heavy atom. The fourth-order valence-electron chi connectivity index (χ4n) is 4.18. The van der Waals surface area contributed by atoms with Gasteiger partial charge in [-0.05, 0) is 57.2 Å². The first-order chi connectivity index (χ1) is 10.7. The first kappa shape index (κ1) is 14.1. The second-order valence-corrected chi connectivity index (χ2v) is 6.87. The molecule has 0 radical (unpaired) electrons. The largest absolute Gasteiger partial charge is 0.353 e. The number of imidazole rings is 1. The van der Waals surface area contributed by atoms with Crippen molar-refractivity contribution in [3.8, 4) is 0 Å². The van der Waals surface area contributed by atoms with Crippen molar-refractivity contribution in [2.75, 3.05) is 6.54 Å². The molecule has 22 heavy (non-hydrogen) atoms. The lowest BCUT2D eigenvalue weighted by Gasteiger charge is -2.24. The van der Waals surface area contributed by atoms with E-state index in [1.165, 1.54) is 68.0 Å². The van der Waals surface area contributed by atoms with E-state index in [0.717, 1.165) is 6.54 Å². The third kappa shape index (κ3) is 2.30. The fraction of sp³-hybridized carbons (Fsp3) is 0.611. The van der Waals surface area contributed by atoms with Gasteiger partial charge in [-0.15, -0.1) is 0 Å². The fourth-order valence-corrected chi connectivity index (χ4v) is 4.18. The van der Waals surface area contributed by atoms with Gasteiger partial charge in [0, 0.05) is 38.2 Å². The average molecular weight is 298 g/mol. The predicted octanol–water partition coefficient (Wildman–Crippen LogP) is 2.97. The molecule has 4 heteroatoms. The first-order valence-electron chi connectivity index (χ1n) is 8.62. The van der Waals surface area contributed by atoms with Gasteiger partial charge < -0.3 is 9.13 Å². The second-order valence-electron chi connectivity index (χ2n) is 6.87. The zero-order valence-electron chi connectivity index (χ0n) is 13.8. The van der Waals surface area contributed by atoms with Crippen molar-refractivity contribution < 1.29 is 0 Å². The molecule has 0 bridgehead atoms. The van der Waals surface area contributed by atoms with Crippen LogP contribution >= 0.6 is 0 Å². The maximum Gasteiger partial charge on any atom is 0.126 e. The Labute approximate surface area is 132 Å².